The van der Waals surface area contributed by atoms with Crippen LogP contribution in [0.4, 0.5) is 5.00 Å². The first-order chi connectivity index (χ1) is 14.8. The molecule has 6 nitrogen and oxygen atoms in total. The van der Waals surface area contributed by atoms with Crippen LogP contribution in [-0.4, -0.2) is 18.6 Å². The molecular formula is C24H28N2O4S. The van der Waals surface area contributed by atoms with E-state index in [9.17, 15) is 9.59 Å². The standard InChI is InChI=1S/C24H28N2O4S/c1-4-24(2,3)15-7-8-16-19(12-15)31-23(21(16)22(25)28)26-20(27)10-6-14-5-9-17-18(11-14)30-13-29-17/h5-6,9-11,15H,4,7-8,12-13H2,1-3H3,(H2,25,28)(H,26,27)/b10-6-/t15-/m1/s1. The average molecular weight is 441 g/mol. The van der Waals surface area contributed by atoms with E-state index in [2.05, 4.69) is 26.1 Å². The Morgan fingerprint density at radius 2 is 2.06 bits per heavy atom. The van der Waals surface area contributed by atoms with Gasteiger partial charge in [0.2, 0.25) is 12.7 Å². The number of nitrogens with one attached hydrogen (secondary N) is 1. The predicted molar refractivity (Wildman–Crippen MR) is 123 cm³/mol. The van der Waals surface area contributed by atoms with E-state index in [4.69, 9.17) is 15.2 Å². The number of anilines is 1. The number of fused-ring (bicyclic) bond motifs is 2. The van der Waals surface area contributed by atoms with Crippen LogP contribution in [0.3, 0.4) is 0 Å². The van der Waals surface area contributed by atoms with Gasteiger partial charge in [-0.1, -0.05) is 33.3 Å². The first kappa shape index (κ1) is 21.4. The monoisotopic (exact) mass is 440 g/mol. The maximum Gasteiger partial charge on any atom is 0.251 e. The lowest BCUT2D eigenvalue weighted by Gasteiger charge is -2.36. The van der Waals surface area contributed by atoms with Crippen molar-refractivity contribution < 1.29 is 19.1 Å². The zero-order valence-corrected chi connectivity index (χ0v) is 18.9. The number of hydrogen-bond acceptors (Lipinski definition) is 5. The molecule has 1 aliphatic heterocycles. The van der Waals surface area contributed by atoms with Crippen LogP contribution in [0.1, 0.15) is 60.0 Å². The fourth-order valence-electron chi connectivity index (χ4n) is 4.23. The molecule has 0 saturated heterocycles. The molecule has 7 heteroatoms. The van der Waals surface area contributed by atoms with Gasteiger partial charge in [0, 0.05) is 11.0 Å². The van der Waals surface area contributed by atoms with Gasteiger partial charge in [0.25, 0.3) is 5.91 Å². The van der Waals surface area contributed by atoms with E-state index in [-0.39, 0.29) is 18.1 Å². The average Bonchev–Trinajstić information content (AvgIpc) is 3.35. The van der Waals surface area contributed by atoms with Crippen molar-refractivity contribution in [3.05, 3.63) is 45.8 Å². The molecule has 1 atom stereocenters. The topological polar surface area (TPSA) is 90.7 Å². The number of thiophene rings is 1. The summed E-state index contributed by atoms with van der Waals surface area (Å²) in [6.07, 6.45) is 7.03. The molecule has 0 bridgehead atoms. The highest BCUT2D eigenvalue weighted by molar-refractivity contribution is 7.17. The lowest BCUT2D eigenvalue weighted by molar-refractivity contribution is -0.111. The molecule has 0 unspecified atom stereocenters. The number of amides is 2. The summed E-state index contributed by atoms with van der Waals surface area (Å²) >= 11 is 1.48. The minimum atomic E-state index is -0.485. The molecule has 2 aliphatic rings. The van der Waals surface area contributed by atoms with Gasteiger partial charge in [0.05, 0.1) is 5.56 Å². The minimum Gasteiger partial charge on any atom is -0.454 e. The van der Waals surface area contributed by atoms with Crippen LogP contribution >= 0.6 is 11.3 Å². The lowest BCUT2D eigenvalue weighted by atomic mass is 9.69. The second-order valence-electron chi connectivity index (χ2n) is 8.79. The van der Waals surface area contributed by atoms with Crippen molar-refractivity contribution in [3.8, 4) is 11.5 Å². The summed E-state index contributed by atoms with van der Waals surface area (Å²) in [6, 6.07) is 5.48. The van der Waals surface area contributed by atoms with Crippen LogP contribution in [0.25, 0.3) is 6.08 Å². The number of carbonyl (C=O) groups excluding carboxylic acids is 2. The minimum absolute atomic E-state index is 0.207. The molecule has 1 aromatic heterocycles. The normalized spacial score (nSPS) is 17.6. The summed E-state index contributed by atoms with van der Waals surface area (Å²) in [5, 5.41) is 3.42. The molecule has 0 fully saturated rings. The highest BCUT2D eigenvalue weighted by Gasteiger charge is 2.34. The van der Waals surface area contributed by atoms with Crippen LogP contribution in [0.2, 0.25) is 0 Å². The van der Waals surface area contributed by atoms with Crippen molar-refractivity contribution in [2.75, 3.05) is 12.1 Å². The summed E-state index contributed by atoms with van der Waals surface area (Å²) in [4.78, 5) is 25.9. The van der Waals surface area contributed by atoms with Crippen molar-refractivity contribution in [2.45, 2.75) is 46.5 Å². The number of carbonyl (C=O) groups is 2. The van der Waals surface area contributed by atoms with E-state index >= 15 is 0 Å². The Bertz CT molecular complexity index is 1050. The molecule has 164 valence electrons. The fourth-order valence-corrected chi connectivity index (χ4v) is 5.57. The van der Waals surface area contributed by atoms with Crippen LogP contribution in [-0.2, 0) is 17.6 Å². The molecule has 1 aromatic carbocycles. The number of hydrogen-bond donors (Lipinski definition) is 2. The molecule has 0 saturated carbocycles. The number of ether oxygens (including phenoxy) is 2. The van der Waals surface area contributed by atoms with Crippen molar-refractivity contribution in [1.82, 2.24) is 0 Å². The zero-order chi connectivity index (χ0) is 22.2. The number of nitrogens with two attached hydrogens (primary N) is 1. The van der Waals surface area contributed by atoms with Gasteiger partial charge in [-0.05, 0) is 59.9 Å². The van der Waals surface area contributed by atoms with Crippen LogP contribution < -0.4 is 20.5 Å². The number of rotatable bonds is 6. The Balaban J connectivity index is 1.52. The molecular weight excluding hydrogens is 412 g/mol. The van der Waals surface area contributed by atoms with Gasteiger partial charge in [-0.25, -0.2) is 0 Å². The third kappa shape index (κ3) is 4.32. The third-order valence-corrected chi connectivity index (χ3v) is 7.76. The lowest BCUT2D eigenvalue weighted by Crippen LogP contribution is -2.29. The molecule has 1 aliphatic carbocycles. The molecule has 2 amide bonds. The van der Waals surface area contributed by atoms with E-state index in [1.807, 2.05) is 18.2 Å². The van der Waals surface area contributed by atoms with Gasteiger partial charge in [-0.15, -0.1) is 11.3 Å². The summed E-state index contributed by atoms with van der Waals surface area (Å²) in [5.74, 6) is 1.12. The summed E-state index contributed by atoms with van der Waals surface area (Å²) in [7, 11) is 0. The van der Waals surface area contributed by atoms with E-state index in [1.165, 1.54) is 22.3 Å². The molecule has 2 aromatic rings. The van der Waals surface area contributed by atoms with Crippen molar-refractivity contribution >= 4 is 34.2 Å². The van der Waals surface area contributed by atoms with Crippen LogP contribution in [0.5, 0.6) is 11.5 Å². The van der Waals surface area contributed by atoms with E-state index in [1.54, 1.807) is 6.08 Å². The Morgan fingerprint density at radius 1 is 1.29 bits per heavy atom. The Morgan fingerprint density at radius 3 is 2.81 bits per heavy atom. The Hall–Kier alpha value is -2.80. The smallest absolute Gasteiger partial charge is 0.251 e. The molecule has 0 radical (unpaired) electrons. The van der Waals surface area contributed by atoms with Crippen molar-refractivity contribution in [1.29, 1.82) is 0 Å². The van der Waals surface area contributed by atoms with Gasteiger partial charge in [0.15, 0.2) is 11.5 Å². The van der Waals surface area contributed by atoms with Crippen molar-refractivity contribution in [2.24, 2.45) is 17.1 Å². The Labute approximate surface area is 186 Å². The van der Waals surface area contributed by atoms with Gasteiger partial charge in [-0.2, -0.15) is 0 Å². The first-order valence-electron chi connectivity index (χ1n) is 10.6. The number of benzene rings is 1. The molecule has 31 heavy (non-hydrogen) atoms. The first-order valence-corrected chi connectivity index (χ1v) is 11.4. The largest absolute Gasteiger partial charge is 0.454 e. The third-order valence-electron chi connectivity index (χ3n) is 6.59. The van der Waals surface area contributed by atoms with Crippen LogP contribution in [0.15, 0.2) is 24.3 Å². The molecule has 2 heterocycles. The van der Waals surface area contributed by atoms with E-state index in [0.29, 0.717) is 28.0 Å². The maximum absolute atomic E-state index is 12.6. The molecule has 4 rings (SSSR count). The second-order valence-corrected chi connectivity index (χ2v) is 9.89. The van der Waals surface area contributed by atoms with E-state index in [0.717, 1.165) is 36.8 Å². The summed E-state index contributed by atoms with van der Waals surface area (Å²) in [6.45, 7) is 7.03. The zero-order valence-electron chi connectivity index (χ0n) is 18.1. The fraction of sp³-hybridized carbons (Fsp3) is 0.417. The number of primary amides is 1. The quantitative estimate of drug-likeness (QED) is 0.633. The van der Waals surface area contributed by atoms with Gasteiger partial charge >= 0.3 is 0 Å². The highest BCUT2D eigenvalue weighted by atomic mass is 32.1. The maximum atomic E-state index is 12.6. The molecule has 3 N–H and O–H groups in total. The van der Waals surface area contributed by atoms with Crippen LogP contribution in [0, 0.1) is 11.3 Å². The second kappa shape index (κ2) is 8.38. The SMILES string of the molecule is CCC(C)(C)[C@@H]1CCc2c(sc(NC(=O)/C=C\c3ccc4c(c3)OCO4)c2C(N)=O)C1. The van der Waals surface area contributed by atoms with Gasteiger partial charge in [0.1, 0.15) is 5.00 Å². The summed E-state index contributed by atoms with van der Waals surface area (Å²) < 4.78 is 10.7. The van der Waals surface area contributed by atoms with E-state index < -0.39 is 5.91 Å². The van der Waals surface area contributed by atoms with Crippen molar-refractivity contribution in [3.63, 3.8) is 0 Å². The Kier molecular flexibility index (Phi) is 5.79. The molecule has 0 spiro atoms. The highest BCUT2D eigenvalue weighted by Crippen LogP contribution is 2.45. The van der Waals surface area contributed by atoms with Gasteiger partial charge < -0.3 is 20.5 Å². The summed E-state index contributed by atoms with van der Waals surface area (Å²) in [5.41, 5.74) is 8.24. The predicted octanol–water partition coefficient (Wildman–Crippen LogP) is 4.77. The van der Waals surface area contributed by atoms with Gasteiger partial charge in [-0.3, -0.25) is 9.59 Å².